The summed E-state index contributed by atoms with van der Waals surface area (Å²) in [6.07, 6.45) is 3.18. The summed E-state index contributed by atoms with van der Waals surface area (Å²) in [6.45, 7) is 2.69. The molecule has 0 saturated heterocycles. The predicted molar refractivity (Wildman–Crippen MR) is 103 cm³/mol. The van der Waals surface area contributed by atoms with E-state index in [9.17, 15) is 4.79 Å². The normalized spacial score (nSPS) is 18.2. The van der Waals surface area contributed by atoms with Gasteiger partial charge in [0.1, 0.15) is 5.75 Å². The number of carboxylic acids is 1. The molecule has 1 heterocycles. The van der Waals surface area contributed by atoms with Crippen LogP contribution in [-0.4, -0.2) is 17.7 Å². The summed E-state index contributed by atoms with van der Waals surface area (Å²) < 4.78 is 5.53. The minimum Gasteiger partial charge on any atom is -0.493 e. The fourth-order valence-corrected chi connectivity index (χ4v) is 3.86. The van der Waals surface area contributed by atoms with Crippen LogP contribution in [0.2, 0.25) is 5.02 Å². The van der Waals surface area contributed by atoms with Crippen molar-refractivity contribution in [1.82, 2.24) is 0 Å². The van der Waals surface area contributed by atoms with E-state index in [2.05, 4.69) is 6.07 Å². The highest BCUT2D eigenvalue weighted by atomic mass is 35.5. The molecular weight excluding hydrogens is 350 g/mol. The first-order valence-corrected chi connectivity index (χ1v) is 9.33. The predicted octanol–water partition coefficient (Wildman–Crippen LogP) is 4.49. The molecule has 2 atom stereocenters. The summed E-state index contributed by atoms with van der Waals surface area (Å²) in [5.41, 5.74) is 10.6. The maximum Gasteiger partial charge on any atom is 0.303 e. The maximum absolute atomic E-state index is 10.8. The topological polar surface area (TPSA) is 72.6 Å². The van der Waals surface area contributed by atoms with Crippen molar-refractivity contribution in [2.24, 2.45) is 5.73 Å². The zero-order valence-electron chi connectivity index (χ0n) is 14.9. The average molecular weight is 374 g/mol. The van der Waals surface area contributed by atoms with E-state index in [-0.39, 0.29) is 18.4 Å². The van der Waals surface area contributed by atoms with Gasteiger partial charge in [-0.3, -0.25) is 4.79 Å². The Hall–Kier alpha value is -2.04. The number of nitrogens with two attached hydrogens (primary N) is 1. The smallest absolute Gasteiger partial charge is 0.303 e. The van der Waals surface area contributed by atoms with E-state index in [0.29, 0.717) is 0 Å². The molecule has 0 unspecified atom stereocenters. The molecule has 3 N–H and O–H groups in total. The summed E-state index contributed by atoms with van der Waals surface area (Å²) in [7, 11) is 0. The molecule has 0 amide bonds. The molecule has 1 aliphatic heterocycles. The standard InChI is InChI=1S/C13H14O3.C8H10ClN/c14-12(15)7-9-2-1-8-3-4-11-10(13(8)9)5-6-16-11;1-6(10)7-2-4-8(9)5-3-7/h3-4,9H,1-2,5-7H2,(H,14,15);2-6H,10H2,1H3/t9-;6-/m01/s1. The number of hydrogen-bond donors (Lipinski definition) is 2. The van der Waals surface area contributed by atoms with Gasteiger partial charge in [0.25, 0.3) is 0 Å². The molecule has 26 heavy (non-hydrogen) atoms. The van der Waals surface area contributed by atoms with Crippen LogP contribution in [0.4, 0.5) is 0 Å². The highest BCUT2D eigenvalue weighted by Gasteiger charge is 2.30. The van der Waals surface area contributed by atoms with Gasteiger partial charge in [-0.15, -0.1) is 0 Å². The first kappa shape index (κ1) is 18.7. The number of benzene rings is 2. The molecule has 0 saturated carbocycles. The van der Waals surface area contributed by atoms with Gasteiger partial charge in [0, 0.05) is 23.0 Å². The summed E-state index contributed by atoms with van der Waals surface area (Å²) in [5.74, 6) is 0.467. The number of carbonyl (C=O) groups is 1. The summed E-state index contributed by atoms with van der Waals surface area (Å²) in [6, 6.07) is 11.8. The van der Waals surface area contributed by atoms with Crippen molar-refractivity contribution in [2.45, 2.75) is 44.6 Å². The van der Waals surface area contributed by atoms with Gasteiger partial charge in [0.05, 0.1) is 13.0 Å². The van der Waals surface area contributed by atoms with Gasteiger partial charge >= 0.3 is 5.97 Å². The third kappa shape index (κ3) is 4.19. The zero-order chi connectivity index (χ0) is 18.7. The van der Waals surface area contributed by atoms with E-state index in [4.69, 9.17) is 27.2 Å². The van der Waals surface area contributed by atoms with Crippen molar-refractivity contribution in [1.29, 1.82) is 0 Å². The Morgan fingerprint density at radius 3 is 2.65 bits per heavy atom. The molecule has 2 aliphatic rings. The zero-order valence-corrected chi connectivity index (χ0v) is 15.6. The van der Waals surface area contributed by atoms with Crippen LogP contribution in [0.1, 0.15) is 54.0 Å². The minimum atomic E-state index is -0.700. The molecule has 0 aromatic heterocycles. The van der Waals surface area contributed by atoms with Crippen molar-refractivity contribution >= 4 is 17.6 Å². The van der Waals surface area contributed by atoms with Crippen LogP contribution >= 0.6 is 11.6 Å². The Morgan fingerprint density at radius 2 is 2.00 bits per heavy atom. The van der Waals surface area contributed by atoms with Crippen LogP contribution < -0.4 is 10.5 Å². The fraction of sp³-hybridized carbons (Fsp3) is 0.381. The number of ether oxygens (including phenoxy) is 1. The van der Waals surface area contributed by atoms with E-state index in [0.717, 1.165) is 42.2 Å². The molecule has 0 bridgehead atoms. The van der Waals surface area contributed by atoms with Crippen molar-refractivity contribution in [3.05, 3.63) is 63.7 Å². The highest BCUT2D eigenvalue weighted by Crippen LogP contribution is 2.43. The van der Waals surface area contributed by atoms with Gasteiger partial charge in [0.15, 0.2) is 0 Å². The van der Waals surface area contributed by atoms with Gasteiger partial charge in [0.2, 0.25) is 0 Å². The number of carboxylic acid groups (broad SMARTS) is 1. The molecule has 2 aromatic carbocycles. The molecule has 0 radical (unpaired) electrons. The van der Waals surface area contributed by atoms with Gasteiger partial charge in [-0.2, -0.15) is 0 Å². The van der Waals surface area contributed by atoms with Gasteiger partial charge in [-0.05, 0) is 60.6 Å². The molecule has 5 heteroatoms. The molecule has 0 spiro atoms. The first-order chi connectivity index (χ1) is 12.5. The molecular formula is C21H24ClNO3. The summed E-state index contributed by atoms with van der Waals surface area (Å²) in [4.78, 5) is 10.8. The third-order valence-electron chi connectivity index (χ3n) is 5.00. The Balaban J connectivity index is 0.000000170. The van der Waals surface area contributed by atoms with Gasteiger partial charge < -0.3 is 15.6 Å². The summed E-state index contributed by atoms with van der Waals surface area (Å²) in [5, 5.41) is 9.67. The highest BCUT2D eigenvalue weighted by molar-refractivity contribution is 6.30. The fourth-order valence-electron chi connectivity index (χ4n) is 3.73. The molecule has 0 fully saturated rings. The average Bonchev–Trinajstić information content (AvgIpc) is 3.21. The number of aliphatic carboxylic acids is 1. The Bertz CT molecular complexity index is 787. The number of halogens is 1. The van der Waals surface area contributed by atoms with Crippen LogP contribution in [0.25, 0.3) is 0 Å². The first-order valence-electron chi connectivity index (χ1n) is 8.96. The quantitative estimate of drug-likeness (QED) is 0.831. The monoisotopic (exact) mass is 373 g/mol. The Labute approximate surface area is 158 Å². The number of hydrogen-bond acceptors (Lipinski definition) is 3. The van der Waals surface area contributed by atoms with Crippen LogP contribution in [0.5, 0.6) is 5.75 Å². The maximum atomic E-state index is 10.8. The Morgan fingerprint density at radius 1 is 1.27 bits per heavy atom. The van der Waals surface area contributed by atoms with E-state index in [1.54, 1.807) is 0 Å². The van der Waals surface area contributed by atoms with Crippen LogP contribution in [0, 0.1) is 0 Å². The van der Waals surface area contributed by atoms with E-state index >= 15 is 0 Å². The molecule has 4 nitrogen and oxygen atoms in total. The lowest BCUT2D eigenvalue weighted by molar-refractivity contribution is -0.137. The lowest BCUT2D eigenvalue weighted by Gasteiger charge is -2.12. The van der Waals surface area contributed by atoms with E-state index in [1.807, 2.05) is 37.3 Å². The molecule has 4 rings (SSSR count). The van der Waals surface area contributed by atoms with Crippen molar-refractivity contribution in [3.63, 3.8) is 0 Å². The lowest BCUT2D eigenvalue weighted by atomic mass is 9.92. The largest absolute Gasteiger partial charge is 0.493 e. The number of aryl methyl sites for hydroxylation is 1. The third-order valence-corrected chi connectivity index (χ3v) is 5.25. The summed E-state index contributed by atoms with van der Waals surface area (Å²) >= 11 is 5.68. The number of fused-ring (bicyclic) bond motifs is 3. The van der Waals surface area contributed by atoms with Gasteiger partial charge in [-0.1, -0.05) is 29.8 Å². The van der Waals surface area contributed by atoms with Crippen molar-refractivity contribution in [3.8, 4) is 5.75 Å². The Kier molecular flexibility index (Phi) is 5.84. The van der Waals surface area contributed by atoms with E-state index < -0.39 is 5.97 Å². The minimum absolute atomic E-state index is 0.0947. The van der Waals surface area contributed by atoms with Crippen LogP contribution in [-0.2, 0) is 17.6 Å². The second-order valence-electron chi connectivity index (χ2n) is 6.89. The van der Waals surface area contributed by atoms with Crippen LogP contribution in [0.3, 0.4) is 0 Å². The van der Waals surface area contributed by atoms with Crippen molar-refractivity contribution in [2.75, 3.05) is 6.61 Å². The number of rotatable bonds is 3. The second kappa shape index (κ2) is 8.11. The van der Waals surface area contributed by atoms with Crippen molar-refractivity contribution < 1.29 is 14.6 Å². The van der Waals surface area contributed by atoms with E-state index in [1.165, 1.54) is 16.7 Å². The molecule has 1 aliphatic carbocycles. The van der Waals surface area contributed by atoms with Crippen LogP contribution in [0.15, 0.2) is 36.4 Å². The SMILES string of the molecule is C[C@@H](N)c1ccc(Cl)cc1.O=C(O)C[C@@H]1CCc2ccc3c(c21)CCO3. The second-order valence-corrected chi connectivity index (χ2v) is 7.32. The van der Waals surface area contributed by atoms with Gasteiger partial charge in [-0.25, -0.2) is 0 Å². The molecule has 138 valence electrons. The molecule has 2 aromatic rings. The lowest BCUT2D eigenvalue weighted by Crippen LogP contribution is -2.05.